The molecule has 0 saturated carbocycles. The van der Waals surface area contributed by atoms with E-state index in [4.69, 9.17) is 0 Å². The fourth-order valence-electron chi connectivity index (χ4n) is 2.14. The second-order valence-corrected chi connectivity index (χ2v) is 5.49. The number of ether oxygens (including phenoxy) is 1. The molecule has 1 atom stereocenters. The third-order valence-corrected chi connectivity index (χ3v) is 4.14. The van der Waals surface area contributed by atoms with E-state index in [1.54, 1.807) is 11.8 Å². The van der Waals surface area contributed by atoms with Gasteiger partial charge in [0, 0.05) is 4.90 Å². The molecular weight excluding hydrogens is 248 g/mol. The van der Waals surface area contributed by atoms with Crippen molar-refractivity contribution in [1.82, 2.24) is 0 Å². The normalized spacial score (nSPS) is 19.2. The van der Waals surface area contributed by atoms with Crippen LogP contribution >= 0.6 is 11.8 Å². The Morgan fingerprint density at radius 2 is 1.94 bits per heavy atom. The van der Waals surface area contributed by atoms with Gasteiger partial charge in [0.15, 0.2) is 0 Å². The van der Waals surface area contributed by atoms with Crippen molar-refractivity contribution in [2.24, 2.45) is 5.92 Å². The Kier molecular flexibility index (Phi) is 3.76. The zero-order chi connectivity index (χ0) is 13.3. The molecule has 1 unspecified atom stereocenters. The summed E-state index contributed by atoms with van der Waals surface area (Å²) in [4.78, 5) is 23.7. The lowest BCUT2D eigenvalue weighted by molar-refractivity contribution is -0.153. The van der Waals surface area contributed by atoms with Gasteiger partial charge in [0.2, 0.25) is 0 Å². The van der Waals surface area contributed by atoms with Gasteiger partial charge in [0.05, 0.1) is 12.3 Å². The number of carbonyl (C=O) groups is 2. The number of benzene rings is 1. The summed E-state index contributed by atoms with van der Waals surface area (Å²) in [5, 5.41) is 0. The highest BCUT2D eigenvalue weighted by Gasteiger charge is 2.33. The van der Waals surface area contributed by atoms with Gasteiger partial charge in [-0.2, -0.15) is 0 Å². The number of hydrogen-bond donors (Lipinski definition) is 0. The summed E-state index contributed by atoms with van der Waals surface area (Å²) in [7, 11) is 0. The Morgan fingerprint density at radius 1 is 1.28 bits per heavy atom. The lowest BCUT2D eigenvalue weighted by Crippen LogP contribution is -2.11. The molecular formula is C14H16O3S. The number of cyclic esters (lactones) is 2. The van der Waals surface area contributed by atoms with E-state index < -0.39 is 5.97 Å². The van der Waals surface area contributed by atoms with Gasteiger partial charge in [-0.15, -0.1) is 11.8 Å². The Morgan fingerprint density at radius 3 is 2.50 bits per heavy atom. The first-order valence-electron chi connectivity index (χ1n) is 5.90. The molecule has 18 heavy (non-hydrogen) atoms. The van der Waals surface area contributed by atoms with Crippen LogP contribution in [0.25, 0.3) is 0 Å². The van der Waals surface area contributed by atoms with Gasteiger partial charge < -0.3 is 4.74 Å². The SMILES string of the molecule is CSc1cc(C)c(C)cc1CC1CC(=O)OC1=O. The van der Waals surface area contributed by atoms with Crippen molar-refractivity contribution in [2.45, 2.75) is 31.6 Å². The molecule has 1 aromatic rings. The van der Waals surface area contributed by atoms with E-state index in [1.807, 2.05) is 6.26 Å². The molecule has 3 nitrogen and oxygen atoms in total. The Balaban J connectivity index is 2.26. The molecule has 4 heteroatoms. The first-order chi connectivity index (χ1) is 8.51. The van der Waals surface area contributed by atoms with Crippen LogP contribution in [0.1, 0.15) is 23.1 Å². The molecule has 1 fully saturated rings. The van der Waals surface area contributed by atoms with Crippen LogP contribution in [0.2, 0.25) is 0 Å². The van der Waals surface area contributed by atoms with Crippen LogP contribution in [-0.4, -0.2) is 18.2 Å². The fraction of sp³-hybridized carbons (Fsp3) is 0.429. The maximum absolute atomic E-state index is 11.5. The van der Waals surface area contributed by atoms with E-state index in [2.05, 4.69) is 30.7 Å². The van der Waals surface area contributed by atoms with Crippen LogP contribution in [0, 0.1) is 19.8 Å². The summed E-state index contributed by atoms with van der Waals surface area (Å²) in [5.74, 6) is -1.10. The van der Waals surface area contributed by atoms with Crippen molar-refractivity contribution >= 4 is 23.7 Å². The molecule has 1 heterocycles. The number of rotatable bonds is 3. The predicted molar refractivity (Wildman–Crippen MR) is 70.6 cm³/mol. The van der Waals surface area contributed by atoms with Crippen LogP contribution < -0.4 is 0 Å². The summed E-state index contributed by atoms with van der Waals surface area (Å²) in [6.07, 6.45) is 2.81. The van der Waals surface area contributed by atoms with Crippen molar-refractivity contribution in [2.75, 3.05) is 6.26 Å². The minimum Gasteiger partial charge on any atom is -0.393 e. The molecule has 1 saturated heterocycles. The number of aryl methyl sites for hydroxylation is 2. The van der Waals surface area contributed by atoms with Gasteiger partial charge in [-0.3, -0.25) is 9.59 Å². The topological polar surface area (TPSA) is 43.4 Å². The highest BCUT2D eigenvalue weighted by Crippen LogP contribution is 2.29. The molecule has 0 amide bonds. The van der Waals surface area contributed by atoms with Crippen LogP contribution in [0.5, 0.6) is 0 Å². The van der Waals surface area contributed by atoms with Crippen molar-refractivity contribution in [1.29, 1.82) is 0 Å². The van der Waals surface area contributed by atoms with Gasteiger partial charge in [0.25, 0.3) is 0 Å². The molecule has 0 aliphatic carbocycles. The molecule has 0 spiro atoms. The van der Waals surface area contributed by atoms with Gasteiger partial charge in [-0.1, -0.05) is 6.07 Å². The number of carbonyl (C=O) groups excluding carboxylic acids is 2. The number of esters is 2. The molecule has 1 aromatic carbocycles. The van der Waals surface area contributed by atoms with Gasteiger partial charge in [-0.25, -0.2) is 0 Å². The van der Waals surface area contributed by atoms with Crippen LogP contribution in [0.15, 0.2) is 17.0 Å². The summed E-state index contributed by atoms with van der Waals surface area (Å²) in [5.41, 5.74) is 3.58. The first-order valence-corrected chi connectivity index (χ1v) is 7.12. The smallest absolute Gasteiger partial charge is 0.317 e. The van der Waals surface area contributed by atoms with Crippen LogP contribution in [-0.2, 0) is 20.7 Å². The fourth-order valence-corrected chi connectivity index (χ4v) is 2.84. The average Bonchev–Trinajstić information content (AvgIpc) is 2.62. The van der Waals surface area contributed by atoms with Crippen molar-refractivity contribution in [3.8, 4) is 0 Å². The van der Waals surface area contributed by atoms with Gasteiger partial charge in [-0.05, 0) is 49.3 Å². The van der Waals surface area contributed by atoms with E-state index in [0.717, 1.165) is 5.56 Å². The van der Waals surface area contributed by atoms with Crippen molar-refractivity contribution < 1.29 is 14.3 Å². The predicted octanol–water partition coefficient (Wildman–Crippen LogP) is 2.66. The van der Waals surface area contributed by atoms with Crippen LogP contribution in [0.3, 0.4) is 0 Å². The lowest BCUT2D eigenvalue weighted by Gasteiger charge is -2.12. The zero-order valence-corrected chi connectivity index (χ0v) is 11.6. The number of hydrogen-bond acceptors (Lipinski definition) is 4. The van der Waals surface area contributed by atoms with Crippen LogP contribution in [0.4, 0.5) is 0 Å². The monoisotopic (exact) mass is 264 g/mol. The quantitative estimate of drug-likeness (QED) is 0.478. The molecule has 1 aliphatic rings. The number of thioether (sulfide) groups is 1. The second kappa shape index (κ2) is 5.14. The summed E-state index contributed by atoms with van der Waals surface area (Å²) in [6.45, 7) is 4.13. The average molecular weight is 264 g/mol. The second-order valence-electron chi connectivity index (χ2n) is 4.65. The summed E-state index contributed by atoms with van der Waals surface area (Å²) in [6, 6.07) is 4.24. The van der Waals surface area contributed by atoms with Crippen molar-refractivity contribution in [3.63, 3.8) is 0 Å². The maximum atomic E-state index is 11.5. The molecule has 1 aliphatic heterocycles. The summed E-state index contributed by atoms with van der Waals surface area (Å²) >= 11 is 1.67. The zero-order valence-electron chi connectivity index (χ0n) is 10.8. The van der Waals surface area contributed by atoms with E-state index in [1.165, 1.54) is 16.0 Å². The third kappa shape index (κ3) is 2.58. The molecule has 2 rings (SSSR count). The molecule has 0 N–H and O–H groups in total. The highest BCUT2D eigenvalue weighted by molar-refractivity contribution is 7.98. The standard InChI is InChI=1S/C14H16O3S/c1-8-4-10(12(18-3)5-9(8)2)6-11-7-13(15)17-14(11)16/h4-5,11H,6-7H2,1-3H3. The largest absolute Gasteiger partial charge is 0.393 e. The Bertz CT molecular complexity index is 508. The minimum atomic E-state index is -0.403. The van der Waals surface area contributed by atoms with E-state index in [-0.39, 0.29) is 18.3 Å². The molecule has 0 bridgehead atoms. The Labute approximate surface area is 111 Å². The lowest BCUT2D eigenvalue weighted by atomic mass is 9.95. The Hall–Kier alpha value is -1.29. The maximum Gasteiger partial charge on any atom is 0.317 e. The summed E-state index contributed by atoms with van der Waals surface area (Å²) < 4.78 is 4.59. The first kappa shape index (κ1) is 13.1. The van der Waals surface area contributed by atoms with E-state index >= 15 is 0 Å². The van der Waals surface area contributed by atoms with Gasteiger partial charge in [0.1, 0.15) is 0 Å². The van der Waals surface area contributed by atoms with Gasteiger partial charge >= 0.3 is 11.9 Å². The minimum absolute atomic E-state index is 0.208. The third-order valence-electron chi connectivity index (χ3n) is 3.32. The van der Waals surface area contributed by atoms with E-state index in [0.29, 0.717) is 6.42 Å². The molecule has 0 radical (unpaired) electrons. The van der Waals surface area contributed by atoms with Crippen molar-refractivity contribution in [3.05, 3.63) is 28.8 Å². The highest BCUT2D eigenvalue weighted by atomic mass is 32.2. The molecule has 96 valence electrons. The van der Waals surface area contributed by atoms with E-state index in [9.17, 15) is 9.59 Å². The molecule has 0 aromatic heterocycles.